The summed E-state index contributed by atoms with van der Waals surface area (Å²) in [5.41, 5.74) is 5.16. The highest BCUT2D eigenvalue weighted by molar-refractivity contribution is 5.04. The van der Waals surface area contributed by atoms with Gasteiger partial charge >= 0.3 is 0 Å². The Kier molecular flexibility index (Phi) is 15.5. The van der Waals surface area contributed by atoms with E-state index in [1.54, 1.807) is 0 Å². The van der Waals surface area contributed by atoms with Crippen molar-refractivity contribution in [2.24, 2.45) is 33.5 Å². The third kappa shape index (κ3) is 13.0. The Hall–Kier alpha value is -0.200. The summed E-state index contributed by atoms with van der Waals surface area (Å²) >= 11 is 0. The summed E-state index contributed by atoms with van der Waals surface area (Å²) in [6.45, 7) is 48.6. The second-order valence-corrected chi connectivity index (χ2v) is 28.8. The summed E-state index contributed by atoms with van der Waals surface area (Å²) in [5, 5.41) is 0. The van der Waals surface area contributed by atoms with Gasteiger partial charge in [0.05, 0.1) is 0 Å². The molecule has 0 aromatic rings. The molecule has 356 valence electrons. The number of hydrogen-bond acceptors (Lipinski definition) is 5. The second-order valence-electron chi connectivity index (χ2n) is 28.8. The molecule has 5 heterocycles. The monoisotopic (exact) mass is 850 g/mol. The van der Waals surface area contributed by atoms with Crippen LogP contribution < -0.4 is 0 Å². The number of likely N-dealkylation sites (tertiary alicyclic amines) is 5. The molecule has 2 atom stereocenters. The molecule has 2 bridgehead atoms. The molecule has 4 spiro atoms. The zero-order valence-electron chi connectivity index (χ0n) is 44.1. The Morgan fingerprint density at radius 1 is 0.295 bits per heavy atom. The lowest BCUT2D eigenvalue weighted by Gasteiger charge is -2.60. The number of fused-ring (bicyclic) bond motifs is 2. The molecule has 10 aliphatic rings. The highest BCUT2D eigenvalue weighted by Crippen LogP contribution is 2.51. The van der Waals surface area contributed by atoms with Crippen LogP contribution in [0.2, 0.25) is 0 Å². The summed E-state index contributed by atoms with van der Waals surface area (Å²) in [5.74, 6) is 2.06. The maximum Gasteiger partial charge on any atom is 0.0125 e. The van der Waals surface area contributed by atoms with Crippen molar-refractivity contribution >= 4 is 0 Å². The number of nitrogens with zero attached hydrogens (tertiary/aromatic N) is 5. The highest BCUT2D eigenvalue weighted by atomic mass is 15.3. The van der Waals surface area contributed by atoms with Gasteiger partial charge in [-0.05, 0) is 234 Å². The summed E-state index contributed by atoms with van der Waals surface area (Å²) < 4.78 is 0. The van der Waals surface area contributed by atoms with Crippen molar-refractivity contribution in [3.8, 4) is 0 Å². The van der Waals surface area contributed by atoms with Gasteiger partial charge in [-0.3, -0.25) is 24.5 Å². The minimum atomic E-state index is 0.394. The fourth-order valence-electron chi connectivity index (χ4n) is 13.4. The average molecular weight is 851 g/mol. The van der Waals surface area contributed by atoms with Crippen LogP contribution in [0.15, 0.2) is 0 Å². The van der Waals surface area contributed by atoms with E-state index < -0.39 is 0 Å². The summed E-state index contributed by atoms with van der Waals surface area (Å²) in [7, 11) is 0. The lowest BCUT2D eigenvalue weighted by atomic mass is 9.62. The van der Waals surface area contributed by atoms with Crippen molar-refractivity contribution in [2.75, 3.05) is 65.4 Å². The minimum Gasteiger partial charge on any atom is -0.298 e. The van der Waals surface area contributed by atoms with Crippen LogP contribution in [0.5, 0.6) is 0 Å². The molecule has 5 heteroatoms. The third-order valence-corrected chi connectivity index (χ3v) is 18.7. The van der Waals surface area contributed by atoms with Crippen LogP contribution in [0.3, 0.4) is 0 Å². The zero-order chi connectivity index (χ0) is 44.8. The van der Waals surface area contributed by atoms with Gasteiger partial charge in [-0.2, -0.15) is 0 Å². The first-order valence-corrected chi connectivity index (χ1v) is 26.9. The Morgan fingerprint density at radius 3 is 0.836 bits per heavy atom. The van der Waals surface area contributed by atoms with E-state index >= 15 is 0 Å². The summed E-state index contributed by atoms with van der Waals surface area (Å²) in [6.07, 6.45) is 29.9. The molecule has 5 aliphatic carbocycles. The standard InChI is InChI=1S/2C12H23N.2C11H21N.C10H19N/c1-11(2,3)13-9-7-12(8-10-13)5-4-6-12;1-11(2,3)13-9-12(10-13)7-5-4-6-8-12;1-11(2,3)12-7-9-4-5-10(6-9)8-12;1-10(2,3)12-8-11(9-12)6-4-5-7-11;1-9(2,3)11-7-10(8-11)5-4-6-10/h2*4-10H2,1-3H3;9-10H,4-8H2,1-3H3;4-9H2,1-3H3;4-8H2,1-3H3. The van der Waals surface area contributed by atoms with Crippen molar-refractivity contribution in [1.82, 2.24) is 24.5 Å². The van der Waals surface area contributed by atoms with Gasteiger partial charge in [0, 0.05) is 80.1 Å². The van der Waals surface area contributed by atoms with E-state index in [9.17, 15) is 0 Å². The third-order valence-electron chi connectivity index (χ3n) is 18.7. The molecule has 5 nitrogen and oxygen atoms in total. The maximum atomic E-state index is 2.68. The average Bonchev–Trinajstić information content (AvgIpc) is 3.70. The first-order valence-electron chi connectivity index (χ1n) is 26.9. The van der Waals surface area contributed by atoms with Crippen molar-refractivity contribution in [3.63, 3.8) is 0 Å². The normalized spacial score (nSPS) is 30.7. The van der Waals surface area contributed by atoms with Crippen molar-refractivity contribution in [2.45, 2.75) is 260 Å². The molecule has 0 radical (unpaired) electrons. The lowest BCUT2D eigenvalue weighted by Crippen LogP contribution is -2.64. The smallest absolute Gasteiger partial charge is 0.0125 e. The van der Waals surface area contributed by atoms with Crippen molar-refractivity contribution < 1.29 is 0 Å². The van der Waals surface area contributed by atoms with E-state index in [2.05, 4.69) is 128 Å². The Bertz CT molecular complexity index is 1310. The molecule has 0 aromatic carbocycles. The van der Waals surface area contributed by atoms with Crippen LogP contribution in [0, 0.1) is 33.5 Å². The number of hydrogen-bond donors (Lipinski definition) is 0. The Balaban J connectivity index is 0.000000128. The molecule has 10 fully saturated rings. The van der Waals surface area contributed by atoms with E-state index in [0.29, 0.717) is 27.7 Å². The van der Waals surface area contributed by atoms with E-state index in [1.165, 1.54) is 194 Å². The molecule has 5 saturated carbocycles. The van der Waals surface area contributed by atoms with E-state index in [1.807, 2.05) is 0 Å². The predicted octanol–water partition coefficient (Wildman–Crippen LogP) is 13.6. The molecule has 5 aliphatic heterocycles. The second kappa shape index (κ2) is 18.8. The van der Waals surface area contributed by atoms with Crippen LogP contribution in [-0.4, -0.2) is 118 Å². The first kappa shape index (κ1) is 50.2. The zero-order valence-corrected chi connectivity index (χ0v) is 44.1. The van der Waals surface area contributed by atoms with Gasteiger partial charge in [-0.15, -0.1) is 0 Å². The van der Waals surface area contributed by atoms with Gasteiger partial charge < -0.3 is 0 Å². The Labute approximate surface area is 382 Å². The van der Waals surface area contributed by atoms with Gasteiger partial charge in [0.2, 0.25) is 0 Å². The molecule has 61 heavy (non-hydrogen) atoms. The van der Waals surface area contributed by atoms with Crippen molar-refractivity contribution in [1.29, 1.82) is 0 Å². The van der Waals surface area contributed by atoms with Crippen LogP contribution in [-0.2, 0) is 0 Å². The lowest BCUT2D eigenvalue weighted by molar-refractivity contribution is -0.104. The van der Waals surface area contributed by atoms with Crippen LogP contribution in [0.25, 0.3) is 0 Å². The van der Waals surface area contributed by atoms with E-state index in [4.69, 9.17) is 0 Å². The molecular formula is C56H107N5. The topological polar surface area (TPSA) is 16.2 Å². The van der Waals surface area contributed by atoms with Crippen LogP contribution in [0.4, 0.5) is 0 Å². The summed E-state index contributed by atoms with van der Waals surface area (Å²) in [4.78, 5) is 13.2. The van der Waals surface area contributed by atoms with E-state index in [-0.39, 0.29) is 0 Å². The van der Waals surface area contributed by atoms with Gasteiger partial charge in [0.25, 0.3) is 0 Å². The predicted molar refractivity (Wildman–Crippen MR) is 266 cm³/mol. The summed E-state index contributed by atoms with van der Waals surface area (Å²) in [6, 6.07) is 0. The fraction of sp³-hybridized carbons (Fsp3) is 1.00. The van der Waals surface area contributed by atoms with Crippen LogP contribution in [0.1, 0.15) is 232 Å². The number of rotatable bonds is 0. The van der Waals surface area contributed by atoms with Crippen LogP contribution >= 0.6 is 0 Å². The molecule has 0 amide bonds. The quantitative estimate of drug-likeness (QED) is 0.241. The molecule has 0 aromatic heterocycles. The van der Waals surface area contributed by atoms with Gasteiger partial charge in [0.15, 0.2) is 0 Å². The largest absolute Gasteiger partial charge is 0.298 e. The van der Waals surface area contributed by atoms with Crippen molar-refractivity contribution in [3.05, 3.63) is 0 Å². The first-order chi connectivity index (χ1) is 28.1. The van der Waals surface area contributed by atoms with Gasteiger partial charge in [-0.25, -0.2) is 0 Å². The fourth-order valence-corrected chi connectivity index (χ4v) is 13.4. The molecule has 10 rings (SSSR count). The molecule has 5 saturated heterocycles. The van der Waals surface area contributed by atoms with E-state index in [0.717, 1.165) is 33.5 Å². The highest BCUT2D eigenvalue weighted by Gasteiger charge is 2.51. The van der Waals surface area contributed by atoms with Gasteiger partial charge in [-0.1, -0.05) is 44.9 Å². The number of piperidine rings is 2. The van der Waals surface area contributed by atoms with Gasteiger partial charge in [0.1, 0.15) is 0 Å². The minimum absolute atomic E-state index is 0.394. The molecule has 2 unspecified atom stereocenters. The molecule has 0 N–H and O–H groups in total. The molecular weight excluding hydrogens is 743 g/mol. The Morgan fingerprint density at radius 2 is 0.574 bits per heavy atom. The SMILES string of the molecule is CC(C)(C)N1CC2(CCC2)C1.CC(C)(C)N1CC2(CCCC2)C1.CC(C)(C)N1CC2(CCCCC2)C1.CC(C)(C)N1CC2CCC(C2)C1.CC(C)(C)N1CCC2(CCC2)CC1. The maximum absolute atomic E-state index is 2.68.